The Morgan fingerprint density at radius 1 is 1.20 bits per heavy atom. The van der Waals surface area contributed by atoms with Crippen LogP contribution < -0.4 is 15.8 Å². The summed E-state index contributed by atoms with van der Waals surface area (Å²) in [6.45, 7) is 2.18. The Bertz CT molecular complexity index is 1460. The van der Waals surface area contributed by atoms with E-state index in [1.54, 1.807) is 35.9 Å². The lowest BCUT2D eigenvalue weighted by atomic mass is 9.92. The highest BCUT2D eigenvalue weighted by molar-refractivity contribution is 7.18. The summed E-state index contributed by atoms with van der Waals surface area (Å²) in [7, 11) is 2.17. The van der Waals surface area contributed by atoms with Crippen molar-refractivity contribution in [1.29, 1.82) is 0 Å². The normalized spacial score (nSPS) is 17.4. The number of fused-ring (bicyclic) bond motifs is 4. The second kappa shape index (κ2) is 9.21. The topological polar surface area (TPSA) is 50.2 Å². The molecule has 0 saturated carbocycles. The monoisotopic (exact) mass is 488 g/mol. The minimum absolute atomic E-state index is 0.0683. The lowest BCUT2D eigenvalue weighted by molar-refractivity contribution is 0.462. The number of rotatable bonds is 5. The molecule has 6 rings (SSSR count). The molecule has 0 fully saturated rings. The fourth-order valence-corrected chi connectivity index (χ4v) is 6.77. The van der Waals surface area contributed by atoms with Crippen LogP contribution in [0.15, 0.2) is 53.6 Å². The third kappa shape index (κ3) is 4.28. The summed E-state index contributed by atoms with van der Waals surface area (Å²) in [5.74, 6) is -0.299. The van der Waals surface area contributed by atoms with Crippen molar-refractivity contribution in [3.8, 4) is 0 Å². The van der Waals surface area contributed by atoms with Crippen LogP contribution in [0.4, 0.5) is 10.1 Å². The summed E-state index contributed by atoms with van der Waals surface area (Å²) in [4.78, 5) is 22.3. The van der Waals surface area contributed by atoms with E-state index in [0.29, 0.717) is 11.6 Å². The summed E-state index contributed by atoms with van der Waals surface area (Å²) in [6, 6.07) is 13.8. The van der Waals surface area contributed by atoms with E-state index in [4.69, 9.17) is 0 Å². The standard InChI is InChI=1S/C28H29FN4OS/c1-32-12-4-6-19-13-18(8-11-24(19)32)15-30-21-9-10-22-25(14-21)35-27-26(22)28(34)33(17-31-27)16-20-5-2-3-7-23(20)29/h2-3,5,7-8,11,13,17,21,30H,4,6,9-10,12,14-16H2,1H3. The van der Waals surface area contributed by atoms with E-state index < -0.39 is 0 Å². The zero-order valence-corrected chi connectivity index (χ0v) is 20.7. The number of nitrogens with zero attached hydrogens (tertiary/aromatic N) is 3. The molecule has 7 heteroatoms. The van der Waals surface area contributed by atoms with Crippen LogP contribution in [0.5, 0.6) is 0 Å². The molecule has 180 valence electrons. The molecule has 2 aromatic carbocycles. The summed E-state index contributed by atoms with van der Waals surface area (Å²) in [6.07, 6.45) is 6.70. The molecule has 0 bridgehead atoms. The van der Waals surface area contributed by atoms with Crippen molar-refractivity contribution in [3.05, 3.63) is 92.1 Å². The van der Waals surface area contributed by atoms with Gasteiger partial charge in [0.15, 0.2) is 0 Å². The molecule has 1 aliphatic carbocycles. The lowest BCUT2D eigenvalue weighted by Crippen LogP contribution is -2.34. The molecule has 35 heavy (non-hydrogen) atoms. The maximum atomic E-state index is 14.1. The Hall–Kier alpha value is -3.03. The Kier molecular flexibility index (Phi) is 5.90. The fraction of sp³-hybridized carbons (Fsp3) is 0.357. The van der Waals surface area contributed by atoms with Gasteiger partial charge in [-0.25, -0.2) is 9.37 Å². The molecule has 2 aliphatic rings. The predicted molar refractivity (Wildman–Crippen MR) is 140 cm³/mol. The number of nitrogens with one attached hydrogen (secondary N) is 1. The van der Waals surface area contributed by atoms with Gasteiger partial charge >= 0.3 is 0 Å². The van der Waals surface area contributed by atoms with Crippen LogP contribution in [0.2, 0.25) is 0 Å². The van der Waals surface area contributed by atoms with Gasteiger partial charge in [-0.3, -0.25) is 9.36 Å². The molecule has 0 saturated heterocycles. The zero-order valence-electron chi connectivity index (χ0n) is 19.9. The molecule has 3 heterocycles. The van der Waals surface area contributed by atoms with Gasteiger partial charge in [-0.05, 0) is 60.9 Å². The van der Waals surface area contributed by atoms with Crippen LogP contribution >= 0.6 is 11.3 Å². The highest BCUT2D eigenvalue weighted by Gasteiger charge is 2.25. The molecule has 1 N–H and O–H groups in total. The van der Waals surface area contributed by atoms with Gasteiger partial charge in [-0.15, -0.1) is 11.3 Å². The molecule has 1 atom stereocenters. The molecular formula is C28H29FN4OS. The molecule has 1 unspecified atom stereocenters. The second-order valence-corrected chi connectivity index (χ2v) is 10.8. The third-order valence-corrected chi connectivity index (χ3v) is 8.59. The van der Waals surface area contributed by atoms with Gasteiger partial charge in [0.2, 0.25) is 0 Å². The first-order valence-electron chi connectivity index (χ1n) is 12.4. The molecule has 2 aromatic heterocycles. The van der Waals surface area contributed by atoms with Crippen LogP contribution in [-0.2, 0) is 32.4 Å². The number of hydrogen-bond acceptors (Lipinski definition) is 5. The van der Waals surface area contributed by atoms with Crippen molar-refractivity contribution in [2.45, 2.75) is 51.2 Å². The number of aromatic nitrogens is 2. The molecule has 1 aliphatic heterocycles. The van der Waals surface area contributed by atoms with E-state index in [2.05, 4.69) is 40.4 Å². The van der Waals surface area contributed by atoms with Crippen molar-refractivity contribution < 1.29 is 4.39 Å². The molecule has 0 spiro atoms. The van der Waals surface area contributed by atoms with E-state index in [0.717, 1.165) is 54.6 Å². The Morgan fingerprint density at radius 2 is 2.09 bits per heavy atom. The first kappa shape index (κ1) is 22.4. The maximum absolute atomic E-state index is 14.1. The van der Waals surface area contributed by atoms with Crippen molar-refractivity contribution in [2.75, 3.05) is 18.5 Å². The van der Waals surface area contributed by atoms with E-state index >= 15 is 0 Å². The van der Waals surface area contributed by atoms with Crippen LogP contribution in [0.3, 0.4) is 0 Å². The Labute approximate surface area is 208 Å². The smallest absolute Gasteiger partial charge is 0.262 e. The largest absolute Gasteiger partial charge is 0.374 e. The van der Waals surface area contributed by atoms with Crippen molar-refractivity contribution >= 4 is 27.2 Å². The fourth-order valence-electron chi connectivity index (χ4n) is 5.51. The van der Waals surface area contributed by atoms with E-state index in [9.17, 15) is 9.18 Å². The lowest BCUT2D eigenvalue weighted by Gasteiger charge is -2.28. The highest BCUT2D eigenvalue weighted by Crippen LogP contribution is 2.34. The minimum Gasteiger partial charge on any atom is -0.374 e. The Balaban J connectivity index is 1.19. The summed E-state index contributed by atoms with van der Waals surface area (Å²) in [5.41, 5.74) is 5.71. The second-order valence-electron chi connectivity index (χ2n) is 9.76. The van der Waals surface area contributed by atoms with Gasteiger partial charge in [0.05, 0.1) is 18.3 Å². The van der Waals surface area contributed by atoms with Crippen molar-refractivity contribution in [2.24, 2.45) is 0 Å². The van der Waals surface area contributed by atoms with Gasteiger partial charge < -0.3 is 10.2 Å². The quantitative estimate of drug-likeness (QED) is 0.443. The van der Waals surface area contributed by atoms with E-state index in [1.165, 1.54) is 38.7 Å². The summed E-state index contributed by atoms with van der Waals surface area (Å²) in [5, 5.41) is 4.48. The van der Waals surface area contributed by atoms with E-state index in [1.807, 2.05) is 0 Å². The molecule has 5 nitrogen and oxygen atoms in total. The maximum Gasteiger partial charge on any atom is 0.262 e. The summed E-state index contributed by atoms with van der Waals surface area (Å²) >= 11 is 1.63. The number of halogens is 1. The number of anilines is 1. The van der Waals surface area contributed by atoms with Crippen molar-refractivity contribution in [1.82, 2.24) is 14.9 Å². The van der Waals surface area contributed by atoms with Crippen LogP contribution in [0.1, 0.15) is 40.0 Å². The van der Waals surface area contributed by atoms with Gasteiger partial charge in [0, 0.05) is 42.3 Å². The number of thiophene rings is 1. The van der Waals surface area contributed by atoms with Gasteiger partial charge in [0.25, 0.3) is 5.56 Å². The average Bonchev–Trinajstić information content (AvgIpc) is 3.24. The average molecular weight is 489 g/mol. The molecular weight excluding hydrogens is 459 g/mol. The number of aryl methyl sites for hydroxylation is 2. The Morgan fingerprint density at radius 3 is 2.97 bits per heavy atom. The van der Waals surface area contributed by atoms with Gasteiger partial charge in [0.1, 0.15) is 10.6 Å². The minimum atomic E-state index is -0.299. The van der Waals surface area contributed by atoms with Crippen LogP contribution in [0.25, 0.3) is 10.2 Å². The predicted octanol–water partition coefficient (Wildman–Crippen LogP) is 4.67. The van der Waals surface area contributed by atoms with Crippen LogP contribution in [0, 0.1) is 5.82 Å². The SMILES string of the molecule is CN1CCCc2cc(CNC3CCc4c(sc5ncn(Cc6ccccc6F)c(=O)c45)C3)ccc21. The first-order valence-corrected chi connectivity index (χ1v) is 13.2. The number of benzene rings is 2. The first-order chi connectivity index (χ1) is 17.1. The molecule has 4 aromatic rings. The zero-order chi connectivity index (χ0) is 23.9. The number of hydrogen-bond donors (Lipinski definition) is 1. The van der Waals surface area contributed by atoms with Crippen molar-refractivity contribution in [3.63, 3.8) is 0 Å². The third-order valence-electron chi connectivity index (χ3n) is 7.42. The van der Waals surface area contributed by atoms with Gasteiger partial charge in [-0.2, -0.15) is 0 Å². The molecule has 0 amide bonds. The highest BCUT2D eigenvalue weighted by atomic mass is 32.1. The van der Waals surface area contributed by atoms with Crippen LogP contribution in [-0.4, -0.2) is 29.2 Å². The summed E-state index contributed by atoms with van der Waals surface area (Å²) < 4.78 is 15.7. The van der Waals surface area contributed by atoms with Gasteiger partial charge in [-0.1, -0.05) is 30.3 Å². The molecule has 0 radical (unpaired) electrons. The van der Waals surface area contributed by atoms with E-state index in [-0.39, 0.29) is 17.9 Å².